The summed E-state index contributed by atoms with van der Waals surface area (Å²) in [5.74, 6) is 5.04. The van der Waals surface area contributed by atoms with Gasteiger partial charge in [0.2, 0.25) is 0 Å². The molecule has 2 saturated carbocycles. The number of rotatable bonds is 7. The smallest absolute Gasteiger partial charge is 0.412 e. The van der Waals surface area contributed by atoms with Crippen LogP contribution >= 0.6 is 0 Å². The van der Waals surface area contributed by atoms with Crippen LogP contribution in [0.4, 0.5) is 46.7 Å². The average molecular weight is 1290 g/mol. The van der Waals surface area contributed by atoms with Crippen molar-refractivity contribution >= 4 is 53.2 Å². The molecule has 94 heavy (non-hydrogen) atoms. The third kappa shape index (κ3) is 14.1. The maximum atomic E-state index is 12.1. The highest BCUT2D eigenvalue weighted by atomic mass is 16.6. The van der Waals surface area contributed by atoms with E-state index in [9.17, 15) is 24.0 Å². The van der Waals surface area contributed by atoms with Gasteiger partial charge in [0, 0.05) is 177 Å². The lowest BCUT2D eigenvalue weighted by Crippen LogP contribution is -2.53. The van der Waals surface area contributed by atoms with E-state index in [1.165, 1.54) is 38.5 Å². The van der Waals surface area contributed by atoms with Gasteiger partial charge in [0.1, 0.15) is 29.0 Å². The zero-order chi connectivity index (χ0) is 64.9. The van der Waals surface area contributed by atoms with Crippen molar-refractivity contribution < 1.29 is 52.4 Å². The van der Waals surface area contributed by atoms with Crippen LogP contribution in [0, 0.1) is 30.1 Å². The van der Waals surface area contributed by atoms with Gasteiger partial charge in [-0.15, -0.1) is 12.3 Å². The Bertz CT molecular complexity index is 3380. The molecule has 0 aromatic heterocycles. The second-order valence-corrected chi connectivity index (χ2v) is 28.3. The van der Waals surface area contributed by atoms with Crippen molar-refractivity contribution in [3.63, 3.8) is 0 Å². The molecule has 5 amide bonds. The first-order valence-corrected chi connectivity index (χ1v) is 35.0. The highest BCUT2D eigenvalue weighted by Crippen LogP contribution is 2.51. The molecule has 4 aromatic rings. The van der Waals surface area contributed by atoms with Gasteiger partial charge in [-0.05, 0) is 101 Å². The third-order valence-corrected chi connectivity index (χ3v) is 22.6. The number of carbonyl (C=O) groups excluding carboxylic acids is 5. The number of nitrogens with one attached hydrogen (secondary N) is 4. The molecule has 502 valence electrons. The minimum atomic E-state index is -0.531. The minimum absolute atomic E-state index is 0.269. The maximum Gasteiger partial charge on any atom is 0.412 e. The first kappa shape index (κ1) is 65.3. The van der Waals surface area contributed by atoms with Crippen LogP contribution in [0.5, 0.6) is 0 Å². The van der Waals surface area contributed by atoms with Crippen LogP contribution in [0.1, 0.15) is 145 Å². The molecule has 2 bridgehead atoms. The number of carbonyl (C=O) groups is 5. The summed E-state index contributed by atoms with van der Waals surface area (Å²) in [6.45, 7) is 16.7. The summed E-state index contributed by atoms with van der Waals surface area (Å²) in [5.41, 5.74) is 6.25. The lowest BCUT2D eigenvalue weighted by atomic mass is 9.81. The van der Waals surface area contributed by atoms with E-state index in [-0.39, 0.29) is 37.1 Å². The van der Waals surface area contributed by atoms with Gasteiger partial charge in [-0.1, -0.05) is 79.2 Å². The molecule has 4 atom stereocenters. The summed E-state index contributed by atoms with van der Waals surface area (Å²) >= 11 is 0. The Morgan fingerprint density at radius 2 is 0.989 bits per heavy atom. The van der Waals surface area contributed by atoms with Crippen LogP contribution in [0.2, 0.25) is 0 Å². The summed E-state index contributed by atoms with van der Waals surface area (Å²) in [6.07, 6.45) is 21.0. The molecule has 6 saturated heterocycles. The summed E-state index contributed by atoms with van der Waals surface area (Å²) in [6, 6.07) is 33.8. The molecule has 4 aromatic carbocycles. The predicted octanol–water partition coefficient (Wildman–Crippen LogP) is 12.8. The van der Waals surface area contributed by atoms with Crippen molar-refractivity contribution in [2.24, 2.45) is 17.8 Å². The summed E-state index contributed by atoms with van der Waals surface area (Å²) in [4.78, 5) is 71.7. The monoisotopic (exact) mass is 1290 g/mol. The molecule has 10 aliphatic heterocycles. The molecular weight excluding hydrogens is 1190 g/mol. The number of terminal acetylenes is 1. The number of likely N-dealkylation sites (tertiary alicyclic amines) is 5. The maximum absolute atomic E-state index is 12.1. The number of hydrogen-bond acceptors (Lipinski definition) is 15. The Kier molecular flexibility index (Phi) is 19.8. The number of benzene rings is 4. The second kappa shape index (κ2) is 28.5. The topological polar surface area (TPSA) is 205 Å². The van der Waals surface area contributed by atoms with Gasteiger partial charge in [-0.2, -0.15) is 0 Å². The fourth-order valence-electron chi connectivity index (χ4n) is 17.6. The molecule has 4 spiro atoms. The van der Waals surface area contributed by atoms with E-state index in [1.54, 1.807) is 4.90 Å². The van der Waals surface area contributed by atoms with Crippen LogP contribution in [0.25, 0.3) is 0 Å². The summed E-state index contributed by atoms with van der Waals surface area (Å²) in [5, 5.41) is 11.3. The van der Waals surface area contributed by atoms with E-state index >= 15 is 0 Å². The van der Waals surface area contributed by atoms with Gasteiger partial charge in [0.05, 0.1) is 29.4 Å². The molecule has 20 nitrogen and oxygen atoms in total. The van der Waals surface area contributed by atoms with Crippen LogP contribution < -0.4 is 21.3 Å². The van der Waals surface area contributed by atoms with E-state index in [0.29, 0.717) is 37.5 Å². The number of ether oxygens (including phenoxy) is 6. The average Bonchev–Trinajstić information content (AvgIpc) is 0.806. The number of hydrogen-bond donors (Lipinski definition) is 4. The summed E-state index contributed by atoms with van der Waals surface area (Å²) < 4.78 is 33.9. The lowest BCUT2D eigenvalue weighted by molar-refractivity contribution is -0.0508. The molecule has 2 aliphatic carbocycles. The van der Waals surface area contributed by atoms with Crippen LogP contribution in [-0.4, -0.2) is 165 Å². The zero-order valence-corrected chi connectivity index (χ0v) is 54.9. The Hall–Kier alpha value is -7.41. The molecule has 8 fully saturated rings. The Morgan fingerprint density at radius 1 is 0.553 bits per heavy atom. The van der Waals surface area contributed by atoms with E-state index in [0.717, 1.165) is 199 Å². The minimum Gasteiger partial charge on any atom is -0.448 e. The predicted molar refractivity (Wildman–Crippen MR) is 358 cm³/mol. The molecule has 12 aliphatic rings. The molecule has 16 rings (SSSR count). The number of para-hydroxylation sites is 4. The van der Waals surface area contributed by atoms with E-state index in [2.05, 4.69) is 84.9 Å². The fraction of sp³-hybridized carbons (Fsp3) is 0.581. The first-order chi connectivity index (χ1) is 45.7. The number of amides is 5. The Labute approximate surface area is 553 Å². The molecule has 4 N–H and O–H groups in total. The van der Waals surface area contributed by atoms with Crippen LogP contribution in [0.3, 0.4) is 0 Å². The quantitative estimate of drug-likeness (QED) is 0.0772. The van der Waals surface area contributed by atoms with E-state index in [1.807, 2.05) is 72.8 Å². The van der Waals surface area contributed by atoms with Gasteiger partial charge >= 0.3 is 30.5 Å². The lowest BCUT2D eigenvalue weighted by Gasteiger charge is -2.47. The molecule has 20 heteroatoms. The molecule has 0 radical (unpaired) electrons. The number of nitrogens with zero attached hydrogens (tertiary/aromatic N) is 5. The van der Waals surface area contributed by atoms with Crippen molar-refractivity contribution in [1.82, 2.24) is 24.5 Å². The SMILES string of the molecule is C#CCCOC(=O)N1CCC(N2CCC3(CC2)OC(=O)Nc2ccccc23)CC1.CC(C)N1CCC2(CC1)OC(=O)Nc1ccccc12.O=C1Nc2ccccc2C2(CCN(CC3CCCOC3)CC2)O1.O=C1Nc2ccccc2C2(CCN([C@H]3C[C@H]4CC[C@@H]3C4)CC2)O1. The van der Waals surface area contributed by atoms with E-state index in [4.69, 9.17) is 34.8 Å². The number of anilines is 4. The Balaban J connectivity index is 0.000000115. The van der Waals surface area contributed by atoms with Crippen molar-refractivity contribution in [2.75, 3.05) is 113 Å². The van der Waals surface area contributed by atoms with Crippen molar-refractivity contribution in [1.29, 1.82) is 0 Å². The third-order valence-electron chi connectivity index (χ3n) is 22.6. The van der Waals surface area contributed by atoms with Gasteiger partial charge in [-0.25, -0.2) is 24.0 Å². The first-order valence-electron chi connectivity index (χ1n) is 35.0. The fourth-order valence-corrected chi connectivity index (χ4v) is 17.6. The van der Waals surface area contributed by atoms with E-state index < -0.39 is 22.4 Å². The van der Waals surface area contributed by atoms with Crippen molar-refractivity contribution in [2.45, 2.75) is 164 Å². The second-order valence-electron chi connectivity index (χ2n) is 28.3. The normalized spacial score (nSPS) is 26.3. The Morgan fingerprint density at radius 3 is 1.39 bits per heavy atom. The molecular formula is C74H95N9O11. The van der Waals surface area contributed by atoms with Gasteiger partial charge in [0.25, 0.3) is 0 Å². The van der Waals surface area contributed by atoms with Gasteiger partial charge in [-0.3, -0.25) is 31.1 Å². The highest BCUT2D eigenvalue weighted by molar-refractivity contribution is 5.91. The summed E-state index contributed by atoms with van der Waals surface area (Å²) in [7, 11) is 0. The van der Waals surface area contributed by atoms with Crippen LogP contribution in [0.15, 0.2) is 97.1 Å². The van der Waals surface area contributed by atoms with Crippen LogP contribution in [-0.2, 0) is 50.8 Å². The highest BCUT2D eigenvalue weighted by Gasteiger charge is 2.51. The van der Waals surface area contributed by atoms with Gasteiger partial charge < -0.3 is 43.1 Å². The zero-order valence-electron chi connectivity index (χ0n) is 54.9. The van der Waals surface area contributed by atoms with Gasteiger partial charge in [0.15, 0.2) is 0 Å². The number of piperidine rings is 5. The van der Waals surface area contributed by atoms with Crippen molar-refractivity contribution in [3.8, 4) is 12.3 Å². The largest absolute Gasteiger partial charge is 0.448 e. The number of fused-ring (bicyclic) bond motifs is 10. The molecule has 1 unspecified atom stereocenters. The molecule has 10 heterocycles. The standard InChI is InChI=1S/C22H27N3O4.C19H24N2O2.C18H24N2O3.C15H20N2O2/c1-2-3-16-28-21(27)25-12-8-17(9-13-25)24-14-10-22(11-15-24)18-6-4-5-7-19(18)23-20(26)29-22;22-18-20-16-4-2-1-3-15(16)19(23-18)7-9-21(10-8-19)17-12-13-5-6-14(17)11-13;21-17-19-16-6-2-1-5-15(16)18(23-17)7-9-20(10-8-18)12-14-4-3-11-22-13-14;1-11(2)17-9-7-15(8-10-17)12-5-3-4-6-13(12)16-14(18)19-15/h1,4-7,17H,3,8-16H2,(H,23,26);1-4,13-14,17H,5-12H2,(H,20,22);1-2,5-6,14H,3-4,7-13H2,(H,19,21);3-6,11H,7-10H2,1-2H3,(H,16,18)/t;13-,14+,17-;;/m.0../s1. The van der Waals surface area contributed by atoms with Crippen molar-refractivity contribution in [3.05, 3.63) is 119 Å².